The van der Waals surface area contributed by atoms with Gasteiger partial charge in [0, 0.05) is 12.1 Å². The van der Waals surface area contributed by atoms with E-state index in [-0.39, 0.29) is 10.9 Å². The Morgan fingerprint density at radius 3 is 3.07 bits per heavy atom. The fraction of sp³-hybridized carbons (Fsp3) is 0. The zero-order valence-electron chi connectivity index (χ0n) is 7.21. The smallest absolute Gasteiger partial charge is 0.271 e. The van der Waals surface area contributed by atoms with Crippen molar-refractivity contribution in [2.75, 3.05) is 0 Å². The van der Waals surface area contributed by atoms with Crippen molar-refractivity contribution < 1.29 is 9.34 Å². The molecule has 6 nitrogen and oxygen atoms in total. The number of nitro benzene ring substituents is 1. The summed E-state index contributed by atoms with van der Waals surface area (Å²) in [7, 11) is 0. The molecule has 0 aliphatic heterocycles. The molecule has 0 aliphatic rings. The van der Waals surface area contributed by atoms with Crippen LogP contribution in [0, 0.1) is 20.8 Å². The molecular weight excluding hydrogens is 218 g/mol. The number of thiocyanates is 1. The molecule has 0 aliphatic carbocycles. The summed E-state index contributed by atoms with van der Waals surface area (Å²) in [5.41, 5.74) is 0.754. The Bertz CT molecular complexity index is 572. The minimum atomic E-state index is -0.509. The topological polar surface area (TPSA) is 93.0 Å². The quantitative estimate of drug-likeness (QED) is 0.334. The van der Waals surface area contributed by atoms with Crippen LogP contribution in [0.2, 0.25) is 0 Å². The Morgan fingerprint density at radius 2 is 2.40 bits per heavy atom. The van der Waals surface area contributed by atoms with Crippen LogP contribution in [0.1, 0.15) is 0 Å². The van der Waals surface area contributed by atoms with Crippen LogP contribution in [0.3, 0.4) is 0 Å². The molecule has 2 aromatic rings. The molecule has 1 aromatic carbocycles. The maximum absolute atomic E-state index is 10.5. The zero-order chi connectivity index (χ0) is 10.8. The number of hydrogen-bond donors (Lipinski definition) is 0. The number of thioether (sulfide) groups is 1. The number of aromatic nitrogens is 1. The van der Waals surface area contributed by atoms with Gasteiger partial charge in [-0.1, -0.05) is 0 Å². The maximum Gasteiger partial charge on any atom is 0.271 e. The van der Waals surface area contributed by atoms with E-state index in [1.54, 1.807) is 0 Å². The van der Waals surface area contributed by atoms with Gasteiger partial charge < -0.3 is 4.42 Å². The first-order valence-corrected chi connectivity index (χ1v) is 4.63. The van der Waals surface area contributed by atoms with Crippen molar-refractivity contribution in [1.29, 1.82) is 5.26 Å². The van der Waals surface area contributed by atoms with Gasteiger partial charge in [0.15, 0.2) is 5.58 Å². The van der Waals surface area contributed by atoms with Crippen LogP contribution in [0.25, 0.3) is 11.1 Å². The Hall–Kier alpha value is -2.07. The van der Waals surface area contributed by atoms with Crippen LogP contribution in [-0.2, 0) is 0 Å². The number of nitro groups is 1. The molecule has 0 radical (unpaired) electrons. The Morgan fingerprint density at radius 1 is 1.60 bits per heavy atom. The molecule has 1 aromatic heterocycles. The summed E-state index contributed by atoms with van der Waals surface area (Å²) in [6.07, 6.45) is 0. The van der Waals surface area contributed by atoms with Crippen LogP contribution in [0.5, 0.6) is 0 Å². The first kappa shape index (κ1) is 9.48. The van der Waals surface area contributed by atoms with E-state index in [2.05, 4.69) is 4.98 Å². The van der Waals surface area contributed by atoms with Crippen LogP contribution in [0.15, 0.2) is 27.8 Å². The molecule has 0 spiro atoms. The van der Waals surface area contributed by atoms with Crippen molar-refractivity contribution in [1.82, 2.24) is 4.98 Å². The van der Waals surface area contributed by atoms with Gasteiger partial charge in [0.25, 0.3) is 10.9 Å². The molecule has 1 heterocycles. The predicted molar refractivity (Wildman–Crippen MR) is 52.1 cm³/mol. The van der Waals surface area contributed by atoms with Crippen molar-refractivity contribution >= 4 is 28.5 Å². The van der Waals surface area contributed by atoms with E-state index in [0.717, 1.165) is 11.8 Å². The highest BCUT2D eigenvalue weighted by molar-refractivity contribution is 8.03. The first-order valence-electron chi connectivity index (χ1n) is 3.81. The normalized spacial score (nSPS) is 10.1. The van der Waals surface area contributed by atoms with E-state index in [0.29, 0.717) is 11.1 Å². The number of fused-ring (bicyclic) bond motifs is 1. The highest BCUT2D eigenvalue weighted by Crippen LogP contribution is 2.25. The third-order valence-corrected chi connectivity index (χ3v) is 2.14. The maximum atomic E-state index is 10.5. The van der Waals surface area contributed by atoms with Gasteiger partial charge in [-0.05, 0) is 6.07 Å². The van der Waals surface area contributed by atoms with E-state index in [1.165, 1.54) is 18.2 Å². The SMILES string of the molecule is N#CSc1nc2cc([N+](=O)[O-])ccc2o1. The lowest BCUT2D eigenvalue weighted by Gasteiger charge is -1.88. The number of oxazole rings is 1. The van der Waals surface area contributed by atoms with Gasteiger partial charge in [-0.15, -0.1) is 0 Å². The van der Waals surface area contributed by atoms with Gasteiger partial charge in [-0.25, -0.2) is 4.98 Å². The fourth-order valence-electron chi connectivity index (χ4n) is 1.09. The largest absolute Gasteiger partial charge is 0.431 e. The number of non-ortho nitro benzene ring substituents is 1. The summed E-state index contributed by atoms with van der Waals surface area (Å²) in [6, 6.07) is 4.09. The molecular formula is C8H3N3O3S. The molecule has 15 heavy (non-hydrogen) atoms. The average molecular weight is 221 g/mol. The van der Waals surface area contributed by atoms with Crippen LogP contribution < -0.4 is 0 Å². The minimum absolute atomic E-state index is 0.0516. The minimum Gasteiger partial charge on any atom is -0.431 e. The highest BCUT2D eigenvalue weighted by Gasteiger charge is 2.11. The van der Waals surface area contributed by atoms with Crippen molar-refractivity contribution in [3.05, 3.63) is 28.3 Å². The van der Waals surface area contributed by atoms with Gasteiger partial charge in [0.05, 0.1) is 16.7 Å². The van der Waals surface area contributed by atoms with Crippen molar-refractivity contribution in [2.45, 2.75) is 5.22 Å². The summed E-state index contributed by atoms with van der Waals surface area (Å²) in [6.45, 7) is 0. The molecule has 0 saturated heterocycles. The van der Waals surface area contributed by atoms with Crippen LogP contribution >= 0.6 is 11.8 Å². The van der Waals surface area contributed by atoms with Gasteiger partial charge >= 0.3 is 0 Å². The summed E-state index contributed by atoms with van der Waals surface area (Å²) in [4.78, 5) is 13.9. The zero-order valence-corrected chi connectivity index (χ0v) is 8.02. The highest BCUT2D eigenvalue weighted by atomic mass is 32.2. The van der Waals surface area contributed by atoms with Gasteiger partial charge in [0.2, 0.25) is 0 Å². The lowest BCUT2D eigenvalue weighted by Crippen LogP contribution is -1.86. The second kappa shape index (κ2) is 3.59. The van der Waals surface area contributed by atoms with Crippen LogP contribution in [0.4, 0.5) is 5.69 Å². The number of benzene rings is 1. The summed E-state index contributed by atoms with van der Waals surface area (Å²) >= 11 is 0.773. The Kier molecular flexibility index (Phi) is 2.27. The van der Waals surface area contributed by atoms with E-state index in [4.69, 9.17) is 9.68 Å². The summed E-state index contributed by atoms with van der Waals surface area (Å²) in [5, 5.41) is 20.9. The second-order valence-electron chi connectivity index (χ2n) is 2.58. The van der Waals surface area contributed by atoms with E-state index in [1.807, 2.05) is 5.40 Å². The molecule has 74 valence electrons. The van der Waals surface area contributed by atoms with Gasteiger partial charge in [0.1, 0.15) is 10.9 Å². The fourth-order valence-corrected chi connectivity index (χ4v) is 1.44. The first-order chi connectivity index (χ1) is 7.20. The van der Waals surface area contributed by atoms with Gasteiger partial charge in [-0.3, -0.25) is 10.1 Å². The molecule has 0 bridgehead atoms. The lowest BCUT2D eigenvalue weighted by atomic mass is 10.3. The molecule has 2 rings (SSSR count). The number of nitrogens with zero attached hydrogens (tertiary/aromatic N) is 3. The van der Waals surface area contributed by atoms with Gasteiger partial charge in [-0.2, -0.15) is 5.26 Å². The summed E-state index contributed by atoms with van der Waals surface area (Å²) in [5.74, 6) is 0. The third kappa shape index (κ3) is 1.75. The Balaban J connectivity index is 2.53. The van der Waals surface area contributed by atoms with Crippen LogP contribution in [-0.4, -0.2) is 9.91 Å². The lowest BCUT2D eigenvalue weighted by molar-refractivity contribution is -0.384. The average Bonchev–Trinajstić information content (AvgIpc) is 2.59. The van der Waals surface area contributed by atoms with Crippen molar-refractivity contribution in [3.8, 4) is 5.40 Å². The molecule has 0 N–H and O–H groups in total. The number of nitriles is 1. The van der Waals surface area contributed by atoms with E-state index < -0.39 is 4.92 Å². The summed E-state index contributed by atoms with van der Waals surface area (Å²) < 4.78 is 5.15. The van der Waals surface area contributed by atoms with Crippen molar-refractivity contribution in [2.24, 2.45) is 0 Å². The standard InChI is InChI=1S/C8H3N3O3S/c9-4-15-8-10-6-3-5(11(12)13)1-2-7(6)14-8/h1-3H. The van der Waals surface area contributed by atoms with E-state index in [9.17, 15) is 10.1 Å². The predicted octanol–water partition coefficient (Wildman–Crippen LogP) is 2.31. The number of rotatable bonds is 2. The molecule has 0 unspecified atom stereocenters. The third-order valence-electron chi connectivity index (χ3n) is 1.70. The van der Waals surface area contributed by atoms with Crippen molar-refractivity contribution in [3.63, 3.8) is 0 Å². The molecule has 7 heteroatoms. The molecule has 0 fully saturated rings. The molecule has 0 amide bonds. The monoisotopic (exact) mass is 221 g/mol. The number of hydrogen-bond acceptors (Lipinski definition) is 6. The second-order valence-corrected chi connectivity index (χ2v) is 3.32. The molecule has 0 saturated carbocycles. The molecule has 0 atom stereocenters. The Labute approximate surface area is 87.7 Å². The van der Waals surface area contributed by atoms with E-state index >= 15 is 0 Å².